The highest BCUT2D eigenvalue weighted by Crippen LogP contribution is 2.10. The minimum atomic E-state index is -0.687. The van der Waals surface area contributed by atoms with Crippen molar-refractivity contribution in [3.63, 3.8) is 0 Å². The number of anilines is 1. The fourth-order valence-corrected chi connectivity index (χ4v) is 1.36. The summed E-state index contributed by atoms with van der Waals surface area (Å²) in [5, 5.41) is 4.96. The second-order valence-electron chi connectivity index (χ2n) is 3.99. The van der Waals surface area contributed by atoms with Crippen LogP contribution in [-0.4, -0.2) is 31.1 Å². The lowest BCUT2D eigenvalue weighted by atomic mass is 10.2. The van der Waals surface area contributed by atoms with Crippen LogP contribution in [0.2, 0.25) is 0 Å². The molecule has 0 unspecified atom stereocenters. The Morgan fingerprint density at radius 2 is 1.85 bits per heavy atom. The van der Waals surface area contributed by atoms with Gasteiger partial charge in [0.15, 0.2) is 6.61 Å². The molecule has 0 aliphatic rings. The predicted molar refractivity (Wildman–Crippen MR) is 73.2 cm³/mol. The van der Waals surface area contributed by atoms with Crippen molar-refractivity contribution in [1.29, 1.82) is 0 Å². The molecule has 0 aliphatic carbocycles. The lowest BCUT2D eigenvalue weighted by Crippen LogP contribution is -2.29. The number of carbonyl (C=O) groups is 3. The number of benzene rings is 1. The largest absolute Gasteiger partial charge is 0.452 e. The van der Waals surface area contributed by atoms with Crippen LogP contribution in [0.5, 0.6) is 0 Å². The van der Waals surface area contributed by atoms with E-state index in [0.29, 0.717) is 12.2 Å². The van der Waals surface area contributed by atoms with Gasteiger partial charge in [-0.05, 0) is 30.7 Å². The number of hydrogen-bond donors (Lipinski definition) is 3. The minimum Gasteiger partial charge on any atom is -0.452 e. The molecular formula is C13H17N3O4. The molecule has 3 amide bonds. The average molecular weight is 279 g/mol. The van der Waals surface area contributed by atoms with Gasteiger partial charge in [-0.3, -0.25) is 4.79 Å². The summed E-state index contributed by atoms with van der Waals surface area (Å²) in [6.07, 6.45) is 0.814. The fraction of sp³-hybridized carbons (Fsp3) is 0.308. The quantitative estimate of drug-likeness (QED) is 0.670. The van der Waals surface area contributed by atoms with Crippen molar-refractivity contribution in [3.8, 4) is 0 Å². The Morgan fingerprint density at radius 1 is 1.20 bits per heavy atom. The van der Waals surface area contributed by atoms with Crippen LogP contribution in [-0.2, 0) is 9.53 Å². The van der Waals surface area contributed by atoms with E-state index >= 15 is 0 Å². The van der Waals surface area contributed by atoms with Crippen LogP contribution in [0, 0.1) is 0 Å². The SMILES string of the molecule is CCCNC(=O)COC(=O)c1ccc(NC(N)=O)cc1. The molecule has 0 bridgehead atoms. The van der Waals surface area contributed by atoms with E-state index in [1.807, 2.05) is 6.92 Å². The van der Waals surface area contributed by atoms with Crippen LogP contribution in [0.1, 0.15) is 23.7 Å². The van der Waals surface area contributed by atoms with Gasteiger partial charge in [-0.25, -0.2) is 9.59 Å². The predicted octanol–water partition coefficient (Wildman–Crippen LogP) is 0.860. The maximum absolute atomic E-state index is 11.6. The summed E-state index contributed by atoms with van der Waals surface area (Å²) in [7, 11) is 0. The molecule has 0 aromatic heterocycles. The summed E-state index contributed by atoms with van der Waals surface area (Å²) in [6.45, 7) is 2.15. The molecule has 1 aromatic rings. The number of primary amides is 1. The molecule has 1 aromatic carbocycles. The number of ether oxygens (including phenoxy) is 1. The summed E-state index contributed by atoms with van der Waals surface area (Å²) in [6, 6.07) is 5.28. The van der Waals surface area contributed by atoms with Crippen molar-refractivity contribution in [3.05, 3.63) is 29.8 Å². The van der Waals surface area contributed by atoms with Crippen LogP contribution in [0.3, 0.4) is 0 Å². The molecule has 0 fully saturated rings. The Hall–Kier alpha value is -2.57. The van der Waals surface area contributed by atoms with E-state index in [4.69, 9.17) is 10.5 Å². The first kappa shape index (κ1) is 15.5. The third-order valence-electron chi connectivity index (χ3n) is 2.29. The number of carbonyl (C=O) groups excluding carboxylic acids is 3. The topological polar surface area (TPSA) is 111 Å². The van der Waals surface area contributed by atoms with E-state index in [9.17, 15) is 14.4 Å². The standard InChI is InChI=1S/C13H17N3O4/c1-2-7-15-11(17)8-20-12(18)9-3-5-10(6-4-9)16-13(14)19/h3-6H,2,7-8H2,1H3,(H,15,17)(H3,14,16,19). The van der Waals surface area contributed by atoms with Crippen molar-refractivity contribution in [2.75, 3.05) is 18.5 Å². The number of esters is 1. The number of nitrogens with one attached hydrogen (secondary N) is 2. The third kappa shape index (κ3) is 5.38. The van der Waals surface area contributed by atoms with Crippen LogP contribution in [0.15, 0.2) is 24.3 Å². The van der Waals surface area contributed by atoms with Crippen molar-refractivity contribution in [2.24, 2.45) is 5.73 Å². The smallest absolute Gasteiger partial charge is 0.338 e. The molecule has 1 rings (SSSR count). The zero-order valence-electron chi connectivity index (χ0n) is 11.1. The Morgan fingerprint density at radius 3 is 2.40 bits per heavy atom. The normalized spacial score (nSPS) is 9.65. The molecule has 0 aliphatic heterocycles. The average Bonchev–Trinajstić information content (AvgIpc) is 2.42. The van der Waals surface area contributed by atoms with Crippen LogP contribution >= 0.6 is 0 Å². The molecule has 108 valence electrons. The molecule has 7 heteroatoms. The second-order valence-corrected chi connectivity index (χ2v) is 3.99. The van der Waals surface area contributed by atoms with Crippen molar-refractivity contribution >= 4 is 23.6 Å². The Labute approximate surface area is 116 Å². The van der Waals surface area contributed by atoms with Crippen LogP contribution in [0.25, 0.3) is 0 Å². The highest BCUT2D eigenvalue weighted by molar-refractivity contribution is 5.93. The highest BCUT2D eigenvalue weighted by Gasteiger charge is 2.09. The number of hydrogen-bond acceptors (Lipinski definition) is 4. The monoisotopic (exact) mass is 279 g/mol. The van der Waals surface area contributed by atoms with Gasteiger partial charge in [-0.1, -0.05) is 6.92 Å². The lowest BCUT2D eigenvalue weighted by Gasteiger charge is -2.06. The fourth-order valence-electron chi connectivity index (χ4n) is 1.36. The van der Waals surface area contributed by atoms with Gasteiger partial charge in [0, 0.05) is 12.2 Å². The molecule has 20 heavy (non-hydrogen) atoms. The molecule has 0 radical (unpaired) electrons. The maximum Gasteiger partial charge on any atom is 0.338 e. The minimum absolute atomic E-state index is 0.281. The Kier molecular flexibility index (Phi) is 6.02. The first-order chi connectivity index (χ1) is 9.52. The number of amides is 3. The van der Waals surface area contributed by atoms with Crippen LogP contribution < -0.4 is 16.4 Å². The highest BCUT2D eigenvalue weighted by atomic mass is 16.5. The van der Waals surface area contributed by atoms with Gasteiger partial charge in [0.2, 0.25) is 0 Å². The molecule has 0 atom stereocenters. The molecule has 0 spiro atoms. The zero-order chi connectivity index (χ0) is 15.0. The van der Waals surface area contributed by atoms with E-state index in [1.165, 1.54) is 24.3 Å². The molecular weight excluding hydrogens is 262 g/mol. The van der Waals surface area contributed by atoms with E-state index < -0.39 is 12.0 Å². The van der Waals surface area contributed by atoms with E-state index in [1.54, 1.807) is 0 Å². The van der Waals surface area contributed by atoms with E-state index in [-0.39, 0.29) is 18.1 Å². The number of nitrogens with two attached hydrogens (primary N) is 1. The number of urea groups is 1. The first-order valence-electron chi connectivity index (χ1n) is 6.13. The molecule has 7 nitrogen and oxygen atoms in total. The maximum atomic E-state index is 11.6. The summed E-state index contributed by atoms with van der Waals surface area (Å²) < 4.78 is 4.84. The second kappa shape index (κ2) is 7.78. The van der Waals surface area contributed by atoms with Gasteiger partial charge in [0.05, 0.1) is 5.56 Å². The van der Waals surface area contributed by atoms with E-state index in [2.05, 4.69) is 10.6 Å². The van der Waals surface area contributed by atoms with Gasteiger partial charge >= 0.3 is 12.0 Å². The Bertz CT molecular complexity index is 485. The lowest BCUT2D eigenvalue weighted by molar-refractivity contribution is -0.124. The molecule has 4 N–H and O–H groups in total. The van der Waals surface area contributed by atoms with Gasteiger partial charge in [0.1, 0.15) is 0 Å². The molecule has 0 saturated heterocycles. The van der Waals surface area contributed by atoms with Gasteiger partial charge in [-0.2, -0.15) is 0 Å². The third-order valence-corrected chi connectivity index (χ3v) is 2.29. The first-order valence-corrected chi connectivity index (χ1v) is 6.13. The summed E-state index contributed by atoms with van der Waals surface area (Å²) >= 11 is 0. The van der Waals surface area contributed by atoms with Gasteiger partial charge in [0.25, 0.3) is 5.91 Å². The molecule has 0 heterocycles. The number of rotatable bonds is 6. The zero-order valence-corrected chi connectivity index (χ0v) is 11.1. The Balaban J connectivity index is 2.47. The van der Waals surface area contributed by atoms with Gasteiger partial charge in [-0.15, -0.1) is 0 Å². The van der Waals surface area contributed by atoms with Crippen molar-refractivity contribution in [1.82, 2.24) is 5.32 Å². The van der Waals surface area contributed by atoms with Crippen molar-refractivity contribution in [2.45, 2.75) is 13.3 Å². The van der Waals surface area contributed by atoms with E-state index in [0.717, 1.165) is 6.42 Å². The van der Waals surface area contributed by atoms with Crippen LogP contribution in [0.4, 0.5) is 10.5 Å². The van der Waals surface area contributed by atoms with Gasteiger partial charge < -0.3 is 21.1 Å². The van der Waals surface area contributed by atoms with Crippen molar-refractivity contribution < 1.29 is 19.1 Å². The summed E-state index contributed by atoms with van der Waals surface area (Å²) in [5.41, 5.74) is 5.71. The summed E-state index contributed by atoms with van der Waals surface area (Å²) in [4.78, 5) is 33.5. The summed E-state index contributed by atoms with van der Waals surface area (Å²) in [5.74, 6) is -0.950. The molecule has 0 saturated carbocycles.